The molecule has 1 amide bonds. The van der Waals surface area contributed by atoms with Crippen LogP contribution in [0, 0.1) is 0 Å². The van der Waals surface area contributed by atoms with Crippen molar-refractivity contribution in [2.75, 3.05) is 35.9 Å². The zero-order chi connectivity index (χ0) is 21.7. The lowest BCUT2D eigenvalue weighted by Gasteiger charge is -2.28. The van der Waals surface area contributed by atoms with Crippen molar-refractivity contribution in [3.05, 3.63) is 71.2 Å². The number of sulfonamides is 1. The zero-order valence-electron chi connectivity index (χ0n) is 16.7. The minimum Gasteiger partial charge on any atom is -0.378 e. The van der Waals surface area contributed by atoms with Crippen molar-refractivity contribution < 1.29 is 17.9 Å². The molecule has 10 heteroatoms. The van der Waals surface area contributed by atoms with Gasteiger partial charge in [0, 0.05) is 13.1 Å². The third-order valence-corrected chi connectivity index (χ3v) is 7.50. The quantitative estimate of drug-likeness (QED) is 0.565. The summed E-state index contributed by atoms with van der Waals surface area (Å²) in [5.74, 6) is 0.460. The summed E-state index contributed by atoms with van der Waals surface area (Å²) < 4.78 is 33.2. The standard InChI is InChI=1S/C21H22N4O4S2/c26-21(22-15-16-5-3-8-19(23-16)25-10-12-29-13-11-25)17-6-1-2-7-18(17)24-31(27,28)20-9-4-14-30-20/h1-9,14,24H,10-13,15H2,(H,22,26). The number of aromatic nitrogens is 1. The summed E-state index contributed by atoms with van der Waals surface area (Å²) in [5, 5.41) is 4.52. The summed E-state index contributed by atoms with van der Waals surface area (Å²) in [5.41, 5.74) is 1.18. The third kappa shape index (κ3) is 5.22. The van der Waals surface area contributed by atoms with Crippen molar-refractivity contribution >= 4 is 38.8 Å². The first-order valence-electron chi connectivity index (χ1n) is 9.75. The summed E-state index contributed by atoms with van der Waals surface area (Å²) in [6.07, 6.45) is 0. The van der Waals surface area contributed by atoms with Crippen LogP contribution in [0.5, 0.6) is 0 Å². The van der Waals surface area contributed by atoms with Gasteiger partial charge in [-0.3, -0.25) is 9.52 Å². The van der Waals surface area contributed by atoms with E-state index in [1.54, 1.807) is 35.7 Å². The largest absolute Gasteiger partial charge is 0.378 e. The van der Waals surface area contributed by atoms with Gasteiger partial charge in [0.25, 0.3) is 15.9 Å². The van der Waals surface area contributed by atoms with Gasteiger partial charge in [-0.15, -0.1) is 11.3 Å². The van der Waals surface area contributed by atoms with E-state index >= 15 is 0 Å². The van der Waals surface area contributed by atoms with Gasteiger partial charge < -0.3 is 15.0 Å². The number of nitrogens with zero attached hydrogens (tertiary/aromatic N) is 2. The topological polar surface area (TPSA) is 101 Å². The Bertz CT molecular complexity index is 1140. The first-order chi connectivity index (χ1) is 15.0. The lowest BCUT2D eigenvalue weighted by molar-refractivity contribution is 0.0951. The number of rotatable bonds is 7. The molecule has 4 rings (SSSR count). The number of benzene rings is 1. The Morgan fingerprint density at radius 3 is 2.65 bits per heavy atom. The number of para-hydroxylation sites is 1. The van der Waals surface area contributed by atoms with Crippen LogP contribution in [0.1, 0.15) is 16.1 Å². The third-order valence-electron chi connectivity index (χ3n) is 4.73. The summed E-state index contributed by atoms with van der Waals surface area (Å²) in [4.78, 5) is 19.6. The highest BCUT2D eigenvalue weighted by molar-refractivity contribution is 7.94. The van der Waals surface area contributed by atoms with Gasteiger partial charge in [0.15, 0.2) is 0 Å². The number of carbonyl (C=O) groups is 1. The molecule has 0 aliphatic carbocycles. The summed E-state index contributed by atoms with van der Waals surface area (Å²) in [6, 6.07) is 15.4. The fourth-order valence-electron chi connectivity index (χ4n) is 3.18. The maximum atomic E-state index is 12.8. The average Bonchev–Trinajstić information content (AvgIpc) is 3.35. The molecule has 0 unspecified atom stereocenters. The van der Waals surface area contributed by atoms with E-state index < -0.39 is 10.0 Å². The van der Waals surface area contributed by atoms with Gasteiger partial charge in [-0.2, -0.15) is 0 Å². The highest BCUT2D eigenvalue weighted by Gasteiger charge is 2.19. The molecule has 1 aliphatic rings. The summed E-state index contributed by atoms with van der Waals surface area (Å²) in [7, 11) is -3.75. The molecule has 2 aromatic heterocycles. The minimum atomic E-state index is -3.75. The van der Waals surface area contributed by atoms with Gasteiger partial charge in [0.2, 0.25) is 0 Å². The predicted molar refractivity (Wildman–Crippen MR) is 120 cm³/mol. The number of nitrogens with one attached hydrogen (secondary N) is 2. The number of anilines is 2. The number of ether oxygens (including phenoxy) is 1. The minimum absolute atomic E-state index is 0.187. The molecule has 1 aliphatic heterocycles. The smallest absolute Gasteiger partial charge is 0.271 e. The Balaban J connectivity index is 1.45. The van der Waals surface area contributed by atoms with E-state index in [4.69, 9.17) is 4.74 Å². The van der Waals surface area contributed by atoms with E-state index in [1.807, 2.05) is 18.2 Å². The monoisotopic (exact) mass is 458 g/mol. The maximum Gasteiger partial charge on any atom is 0.271 e. The van der Waals surface area contributed by atoms with Gasteiger partial charge in [-0.25, -0.2) is 13.4 Å². The Hall–Kier alpha value is -2.95. The molecule has 1 fully saturated rings. The second kappa shape index (κ2) is 9.46. The van der Waals surface area contributed by atoms with Crippen molar-refractivity contribution in [3.8, 4) is 0 Å². The van der Waals surface area contributed by atoms with Crippen molar-refractivity contribution in [1.29, 1.82) is 0 Å². The number of morpholine rings is 1. The van der Waals surface area contributed by atoms with Gasteiger partial charge in [0.1, 0.15) is 10.0 Å². The van der Waals surface area contributed by atoms with Crippen LogP contribution in [0.25, 0.3) is 0 Å². The van der Waals surface area contributed by atoms with Crippen LogP contribution in [-0.4, -0.2) is 45.6 Å². The van der Waals surface area contributed by atoms with E-state index in [0.29, 0.717) is 18.9 Å². The molecule has 0 radical (unpaired) electrons. The van der Waals surface area contributed by atoms with Crippen molar-refractivity contribution in [1.82, 2.24) is 10.3 Å². The van der Waals surface area contributed by atoms with Crippen LogP contribution in [-0.2, 0) is 21.3 Å². The molecule has 3 heterocycles. The molecule has 162 valence electrons. The van der Waals surface area contributed by atoms with E-state index in [0.717, 1.165) is 30.2 Å². The fourth-order valence-corrected chi connectivity index (χ4v) is 5.25. The Morgan fingerprint density at radius 2 is 1.87 bits per heavy atom. The number of thiophene rings is 1. The number of hydrogen-bond donors (Lipinski definition) is 2. The molecule has 1 saturated heterocycles. The number of amides is 1. The number of carbonyl (C=O) groups excluding carboxylic acids is 1. The molecular weight excluding hydrogens is 436 g/mol. The molecule has 2 N–H and O–H groups in total. The van der Waals surface area contributed by atoms with Crippen molar-refractivity contribution in [2.24, 2.45) is 0 Å². The van der Waals surface area contributed by atoms with E-state index in [9.17, 15) is 13.2 Å². The van der Waals surface area contributed by atoms with E-state index in [-0.39, 0.29) is 27.9 Å². The second-order valence-electron chi connectivity index (χ2n) is 6.85. The zero-order valence-corrected chi connectivity index (χ0v) is 18.3. The van der Waals surface area contributed by atoms with Crippen molar-refractivity contribution in [2.45, 2.75) is 10.8 Å². The van der Waals surface area contributed by atoms with Crippen molar-refractivity contribution in [3.63, 3.8) is 0 Å². The number of pyridine rings is 1. The lowest BCUT2D eigenvalue weighted by Crippen LogP contribution is -2.37. The van der Waals surface area contributed by atoms with Crippen LogP contribution >= 0.6 is 11.3 Å². The SMILES string of the molecule is O=C(NCc1cccc(N2CCOCC2)n1)c1ccccc1NS(=O)(=O)c1cccs1. The van der Waals surface area contributed by atoms with E-state index in [2.05, 4.69) is 19.9 Å². The van der Waals surface area contributed by atoms with Crippen LogP contribution in [0.4, 0.5) is 11.5 Å². The molecule has 31 heavy (non-hydrogen) atoms. The molecule has 3 aromatic rings. The molecule has 0 atom stereocenters. The molecular formula is C21H22N4O4S2. The van der Waals surface area contributed by atoms with Crippen LogP contribution in [0.2, 0.25) is 0 Å². The molecule has 0 bridgehead atoms. The van der Waals surface area contributed by atoms with Gasteiger partial charge >= 0.3 is 0 Å². The second-order valence-corrected chi connectivity index (χ2v) is 9.71. The molecule has 8 nitrogen and oxygen atoms in total. The summed E-state index contributed by atoms with van der Waals surface area (Å²) >= 11 is 1.11. The molecule has 1 aromatic carbocycles. The Labute approximate surface area is 184 Å². The normalized spacial score (nSPS) is 14.3. The molecule has 0 saturated carbocycles. The van der Waals surface area contributed by atoms with Gasteiger partial charge in [-0.05, 0) is 35.7 Å². The lowest BCUT2D eigenvalue weighted by atomic mass is 10.1. The predicted octanol–water partition coefficient (Wildman–Crippen LogP) is 2.71. The fraction of sp³-hybridized carbons (Fsp3) is 0.238. The summed E-state index contributed by atoms with van der Waals surface area (Å²) in [6.45, 7) is 3.12. The Morgan fingerprint density at radius 1 is 1.06 bits per heavy atom. The maximum absolute atomic E-state index is 12.8. The number of hydrogen-bond acceptors (Lipinski definition) is 7. The van der Waals surface area contributed by atoms with E-state index in [1.165, 1.54) is 6.07 Å². The first-order valence-corrected chi connectivity index (χ1v) is 12.1. The molecule has 0 spiro atoms. The van der Waals surface area contributed by atoms with Gasteiger partial charge in [0.05, 0.1) is 36.7 Å². The van der Waals surface area contributed by atoms with Crippen LogP contribution in [0.15, 0.2) is 64.2 Å². The highest BCUT2D eigenvalue weighted by atomic mass is 32.2. The van der Waals surface area contributed by atoms with Crippen LogP contribution in [0.3, 0.4) is 0 Å². The highest BCUT2D eigenvalue weighted by Crippen LogP contribution is 2.23. The van der Waals surface area contributed by atoms with Crippen LogP contribution < -0.4 is 14.9 Å². The van der Waals surface area contributed by atoms with Gasteiger partial charge in [-0.1, -0.05) is 24.3 Å². The average molecular weight is 459 g/mol. The first kappa shape index (κ1) is 21.3. The Kier molecular flexibility index (Phi) is 6.50.